The summed E-state index contributed by atoms with van der Waals surface area (Å²) < 4.78 is 29.3. The summed E-state index contributed by atoms with van der Waals surface area (Å²) in [7, 11) is -3.81. The highest BCUT2D eigenvalue weighted by atomic mass is 32.2. The molecular formula is C22H25N3O3S. The Morgan fingerprint density at radius 2 is 1.90 bits per heavy atom. The smallest absolute Gasteiger partial charge is 0.286 e. The molecule has 2 aromatic carbocycles. The van der Waals surface area contributed by atoms with Crippen molar-refractivity contribution >= 4 is 27.5 Å². The van der Waals surface area contributed by atoms with Gasteiger partial charge >= 0.3 is 0 Å². The van der Waals surface area contributed by atoms with Gasteiger partial charge in [-0.1, -0.05) is 37.6 Å². The summed E-state index contributed by atoms with van der Waals surface area (Å²) in [6.45, 7) is 5.66. The summed E-state index contributed by atoms with van der Waals surface area (Å²) in [5, 5.41) is 0. The van der Waals surface area contributed by atoms with Crippen molar-refractivity contribution in [2.24, 2.45) is 4.40 Å². The lowest BCUT2D eigenvalue weighted by Gasteiger charge is -2.31. The van der Waals surface area contributed by atoms with Gasteiger partial charge in [-0.15, -0.1) is 4.40 Å². The molecule has 0 spiro atoms. The zero-order chi connectivity index (χ0) is 20.6. The third-order valence-corrected chi connectivity index (χ3v) is 6.96. The number of benzene rings is 2. The van der Waals surface area contributed by atoms with E-state index in [2.05, 4.69) is 17.4 Å². The SMILES string of the molecule is CCCCN1C(C)=NS(=O)(=O)c2cc(C(=O)N3CCc4ccccc4C3)ccc21. The first-order valence-corrected chi connectivity index (χ1v) is 11.4. The number of carbonyl (C=O) groups is 1. The first-order valence-electron chi connectivity index (χ1n) is 10.00. The maximum Gasteiger partial charge on any atom is 0.286 e. The van der Waals surface area contributed by atoms with Crippen LogP contribution in [0.4, 0.5) is 5.69 Å². The lowest BCUT2D eigenvalue weighted by atomic mass is 9.99. The second-order valence-corrected chi connectivity index (χ2v) is 9.12. The van der Waals surface area contributed by atoms with Crippen LogP contribution in [0.2, 0.25) is 0 Å². The van der Waals surface area contributed by atoms with Crippen LogP contribution in [0.15, 0.2) is 51.8 Å². The number of amides is 1. The summed E-state index contributed by atoms with van der Waals surface area (Å²) in [6.07, 6.45) is 2.73. The van der Waals surface area contributed by atoms with Crippen molar-refractivity contribution in [2.45, 2.75) is 44.6 Å². The van der Waals surface area contributed by atoms with E-state index in [9.17, 15) is 13.2 Å². The van der Waals surface area contributed by atoms with Crippen molar-refractivity contribution in [2.75, 3.05) is 18.0 Å². The minimum Gasteiger partial charge on any atom is -0.334 e. The number of sulfonamides is 1. The monoisotopic (exact) mass is 411 g/mol. The molecule has 0 fully saturated rings. The second kappa shape index (κ2) is 7.63. The Kier molecular flexibility index (Phi) is 5.17. The Labute approximate surface area is 171 Å². The third kappa shape index (κ3) is 3.67. The highest BCUT2D eigenvalue weighted by molar-refractivity contribution is 7.90. The van der Waals surface area contributed by atoms with E-state index < -0.39 is 10.0 Å². The van der Waals surface area contributed by atoms with Crippen LogP contribution in [-0.2, 0) is 23.0 Å². The Balaban J connectivity index is 1.65. The molecule has 2 aliphatic heterocycles. The fourth-order valence-electron chi connectivity index (χ4n) is 3.97. The van der Waals surface area contributed by atoms with E-state index in [0.29, 0.717) is 36.7 Å². The van der Waals surface area contributed by atoms with Gasteiger partial charge in [-0.25, -0.2) is 0 Å². The van der Waals surface area contributed by atoms with Crippen molar-refractivity contribution in [1.29, 1.82) is 0 Å². The van der Waals surface area contributed by atoms with E-state index in [1.807, 2.05) is 23.1 Å². The van der Waals surface area contributed by atoms with Crippen molar-refractivity contribution in [3.05, 3.63) is 59.2 Å². The molecule has 2 aliphatic rings. The molecule has 2 heterocycles. The van der Waals surface area contributed by atoms with E-state index in [1.165, 1.54) is 11.6 Å². The fourth-order valence-corrected chi connectivity index (χ4v) is 5.24. The summed E-state index contributed by atoms with van der Waals surface area (Å²) in [6, 6.07) is 13.1. The average Bonchev–Trinajstić information content (AvgIpc) is 2.72. The minimum absolute atomic E-state index is 0.113. The first-order chi connectivity index (χ1) is 13.9. The zero-order valence-electron chi connectivity index (χ0n) is 16.8. The Bertz CT molecular complexity index is 1090. The van der Waals surface area contributed by atoms with Gasteiger partial charge in [0.1, 0.15) is 10.7 Å². The molecular weight excluding hydrogens is 386 g/mol. The molecule has 0 bridgehead atoms. The highest BCUT2D eigenvalue weighted by Gasteiger charge is 2.30. The van der Waals surface area contributed by atoms with Crippen molar-refractivity contribution in [3.8, 4) is 0 Å². The molecule has 0 unspecified atom stereocenters. The summed E-state index contributed by atoms with van der Waals surface area (Å²) in [5.41, 5.74) is 3.40. The molecule has 29 heavy (non-hydrogen) atoms. The lowest BCUT2D eigenvalue weighted by molar-refractivity contribution is 0.0734. The summed E-state index contributed by atoms with van der Waals surface area (Å²) >= 11 is 0. The Hall–Kier alpha value is -2.67. The topological polar surface area (TPSA) is 70.0 Å². The molecule has 4 rings (SSSR count). The number of carbonyl (C=O) groups excluding carboxylic acids is 1. The maximum absolute atomic E-state index is 13.1. The number of unbranched alkanes of at least 4 members (excludes halogenated alkanes) is 1. The van der Waals surface area contributed by atoms with E-state index in [1.54, 1.807) is 24.0 Å². The largest absolute Gasteiger partial charge is 0.334 e. The normalized spacial score (nSPS) is 17.4. The lowest BCUT2D eigenvalue weighted by Crippen LogP contribution is -2.37. The molecule has 2 aromatic rings. The Morgan fingerprint density at radius 1 is 1.14 bits per heavy atom. The molecule has 0 atom stereocenters. The van der Waals surface area contributed by atoms with Crippen LogP contribution in [0.5, 0.6) is 0 Å². The quantitative estimate of drug-likeness (QED) is 0.771. The van der Waals surface area contributed by atoms with Gasteiger partial charge in [-0.3, -0.25) is 4.79 Å². The first kappa shape index (κ1) is 19.6. The maximum atomic E-state index is 13.1. The van der Waals surface area contributed by atoms with Gasteiger partial charge in [-0.05, 0) is 49.1 Å². The van der Waals surface area contributed by atoms with Crippen LogP contribution in [0.25, 0.3) is 0 Å². The van der Waals surface area contributed by atoms with Gasteiger partial charge in [0.25, 0.3) is 15.9 Å². The molecule has 0 aromatic heterocycles. The van der Waals surface area contributed by atoms with Gasteiger partial charge in [0.05, 0.1) is 5.69 Å². The molecule has 0 saturated carbocycles. The van der Waals surface area contributed by atoms with E-state index >= 15 is 0 Å². The molecule has 0 N–H and O–H groups in total. The number of amidine groups is 1. The van der Waals surface area contributed by atoms with Crippen LogP contribution in [-0.4, -0.2) is 38.2 Å². The summed E-state index contributed by atoms with van der Waals surface area (Å²) in [4.78, 5) is 16.9. The van der Waals surface area contributed by atoms with Crippen LogP contribution in [0.3, 0.4) is 0 Å². The van der Waals surface area contributed by atoms with Crippen LogP contribution in [0, 0.1) is 0 Å². The van der Waals surface area contributed by atoms with E-state index in [0.717, 1.165) is 24.8 Å². The number of rotatable bonds is 4. The van der Waals surface area contributed by atoms with E-state index in [-0.39, 0.29) is 10.8 Å². The average molecular weight is 412 g/mol. The van der Waals surface area contributed by atoms with Crippen molar-refractivity contribution in [3.63, 3.8) is 0 Å². The molecule has 6 nitrogen and oxygen atoms in total. The van der Waals surface area contributed by atoms with Crippen LogP contribution in [0.1, 0.15) is 48.2 Å². The molecule has 0 aliphatic carbocycles. The number of hydrogen-bond donors (Lipinski definition) is 0. The number of nitrogens with zero attached hydrogens (tertiary/aromatic N) is 3. The fraction of sp³-hybridized carbons (Fsp3) is 0.364. The summed E-state index contributed by atoms with van der Waals surface area (Å²) in [5.74, 6) is 0.321. The molecule has 7 heteroatoms. The van der Waals surface area contributed by atoms with Crippen molar-refractivity contribution < 1.29 is 13.2 Å². The molecule has 152 valence electrons. The number of hydrogen-bond acceptors (Lipinski definition) is 4. The number of fused-ring (bicyclic) bond motifs is 2. The van der Waals surface area contributed by atoms with Gasteiger partial charge in [0, 0.05) is 25.2 Å². The minimum atomic E-state index is -3.81. The predicted molar refractivity (Wildman–Crippen MR) is 114 cm³/mol. The zero-order valence-corrected chi connectivity index (χ0v) is 17.6. The Morgan fingerprint density at radius 3 is 2.66 bits per heavy atom. The standard InChI is InChI=1S/C22H25N3O3S/c1-3-4-12-25-16(2)23-29(27,28)21-14-18(9-10-20(21)25)22(26)24-13-11-17-7-5-6-8-19(17)15-24/h5-10,14H,3-4,11-13,15H2,1-2H3. The van der Waals surface area contributed by atoms with Crippen LogP contribution >= 0.6 is 0 Å². The molecule has 1 amide bonds. The van der Waals surface area contributed by atoms with Gasteiger partial charge in [0.2, 0.25) is 0 Å². The van der Waals surface area contributed by atoms with Crippen molar-refractivity contribution in [1.82, 2.24) is 4.90 Å². The van der Waals surface area contributed by atoms with Crippen LogP contribution < -0.4 is 4.90 Å². The second-order valence-electron chi connectivity index (χ2n) is 7.55. The molecule has 0 radical (unpaired) electrons. The molecule has 0 saturated heterocycles. The predicted octanol–water partition coefficient (Wildman–Crippen LogP) is 3.61. The van der Waals surface area contributed by atoms with Gasteiger partial charge < -0.3 is 9.80 Å². The van der Waals surface area contributed by atoms with Gasteiger partial charge in [0.15, 0.2) is 0 Å². The third-order valence-electron chi connectivity index (χ3n) is 5.57. The highest BCUT2D eigenvalue weighted by Crippen LogP contribution is 2.33. The number of anilines is 1. The van der Waals surface area contributed by atoms with Gasteiger partial charge in [-0.2, -0.15) is 8.42 Å². The van der Waals surface area contributed by atoms with E-state index in [4.69, 9.17) is 0 Å².